The van der Waals surface area contributed by atoms with Crippen LogP contribution in [0.3, 0.4) is 0 Å². The van der Waals surface area contributed by atoms with Crippen molar-refractivity contribution in [3.63, 3.8) is 0 Å². The van der Waals surface area contributed by atoms with Crippen molar-refractivity contribution in [1.29, 1.82) is 0 Å². The van der Waals surface area contributed by atoms with Crippen LogP contribution >= 0.6 is 23.2 Å². The number of halogens is 2. The minimum Gasteiger partial charge on any atom is -0.486 e. The molecule has 1 N–H and O–H groups in total. The van der Waals surface area contributed by atoms with Gasteiger partial charge >= 0.3 is 0 Å². The van der Waals surface area contributed by atoms with Crippen molar-refractivity contribution < 1.29 is 27.5 Å². The van der Waals surface area contributed by atoms with Crippen LogP contribution in [0.2, 0.25) is 10.0 Å². The maximum absolute atomic E-state index is 13.8. The maximum Gasteiger partial charge on any atom is 0.244 e. The first-order valence-electron chi connectivity index (χ1n) is 12.5. The van der Waals surface area contributed by atoms with Crippen LogP contribution in [0.1, 0.15) is 39.2 Å². The molecule has 0 spiro atoms. The fourth-order valence-corrected chi connectivity index (χ4v) is 5.38. The Labute approximate surface area is 234 Å². The molecular formula is C26H33Cl2N3O6S. The van der Waals surface area contributed by atoms with Crippen LogP contribution in [0, 0.1) is 0 Å². The first-order valence-corrected chi connectivity index (χ1v) is 14.8. The molecule has 0 aromatic heterocycles. The molecule has 38 heavy (non-hydrogen) atoms. The van der Waals surface area contributed by atoms with Crippen molar-refractivity contribution in [2.75, 3.05) is 36.4 Å². The summed E-state index contributed by atoms with van der Waals surface area (Å²) in [4.78, 5) is 28.0. The predicted molar refractivity (Wildman–Crippen MR) is 149 cm³/mol. The number of fused-ring (bicyclic) bond motifs is 1. The normalized spacial score (nSPS) is 13.5. The number of benzene rings is 2. The summed E-state index contributed by atoms with van der Waals surface area (Å²) >= 11 is 12.4. The van der Waals surface area contributed by atoms with Gasteiger partial charge in [0.2, 0.25) is 21.8 Å². The van der Waals surface area contributed by atoms with Gasteiger partial charge in [0, 0.05) is 29.2 Å². The van der Waals surface area contributed by atoms with Gasteiger partial charge in [0.15, 0.2) is 11.5 Å². The Kier molecular flexibility index (Phi) is 10.5. The lowest BCUT2D eigenvalue weighted by molar-refractivity contribution is -0.139. The number of hydrogen-bond donors (Lipinski definition) is 1. The van der Waals surface area contributed by atoms with Crippen molar-refractivity contribution in [2.45, 2.75) is 46.2 Å². The summed E-state index contributed by atoms with van der Waals surface area (Å²) in [6.45, 7) is 5.77. The minimum absolute atomic E-state index is 0.0155. The van der Waals surface area contributed by atoms with Gasteiger partial charge in [-0.1, -0.05) is 42.6 Å². The molecule has 1 atom stereocenters. The van der Waals surface area contributed by atoms with Gasteiger partial charge in [-0.3, -0.25) is 13.9 Å². The van der Waals surface area contributed by atoms with Gasteiger partial charge < -0.3 is 19.7 Å². The Hall–Kier alpha value is -2.69. The molecule has 3 rings (SSSR count). The fourth-order valence-electron chi connectivity index (χ4n) is 3.86. The van der Waals surface area contributed by atoms with E-state index in [1.54, 1.807) is 37.3 Å². The molecule has 0 fully saturated rings. The average molecular weight is 587 g/mol. The highest BCUT2D eigenvalue weighted by molar-refractivity contribution is 7.92. The Morgan fingerprint density at radius 2 is 1.76 bits per heavy atom. The van der Waals surface area contributed by atoms with E-state index in [1.165, 1.54) is 17.9 Å². The van der Waals surface area contributed by atoms with Crippen molar-refractivity contribution in [2.24, 2.45) is 0 Å². The van der Waals surface area contributed by atoms with Crippen molar-refractivity contribution in [3.05, 3.63) is 52.0 Å². The highest BCUT2D eigenvalue weighted by atomic mass is 35.5. The number of sulfonamides is 1. The van der Waals surface area contributed by atoms with E-state index in [9.17, 15) is 18.0 Å². The summed E-state index contributed by atoms with van der Waals surface area (Å²) in [5, 5.41) is 3.60. The first kappa shape index (κ1) is 29.9. The summed E-state index contributed by atoms with van der Waals surface area (Å²) in [6, 6.07) is 8.69. The first-order chi connectivity index (χ1) is 18.1. The maximum atomic E-state index is 13.8. The summed E-state index contributed by atoms with van der Waals surface area (Å²) < 4.78 is 38.4. The van der Waals surface area contributed by atoms with E-state index in [2.05, 4.69) is 5.32 Å². The van der Waals surface area contributed by atoms with E-state index >= 15 is 0 Å². The van der Waals surface area contributed by atoms with Gasteiger partial charge in [-0.25, -0.2) is 8.42 Å². The number of carbonyl (C=O) groups is 2. The van der Waals surface area contributed by atoms with Crippen LogP contribution in [-0.2, 0) is 26.2 Å². The number of nitrogens with zero attached hydrogens (tertiary/aromatic N) is 2. The van der Waals surface area contributed by atoms with Gasteiger partial charge in [0.05, 0.1) is 11.4 Å². The van der Waals surface area contributed by atoms with Crippen LogP contribution in [0.4, 0.5) is 5.69 Å². The molecule has 1 aliphatic heterocycles. The van der Waals surface area contributed by atoms with Gasteiger partial charge in [0.25, 0.3) is 0 Å². The highest BCUT2D eigenvalue weighted by Gasteiger charge is 2.32. The summed E-state index contributed by atoms with van der Waals surface area (Å²) in [6.07, 6.45) is 1.69. The van der Waals surface area contributed by atoms with Crippen LogP contribution in [-0.4, -0.2) is 63.2 Å². The summed E-state index contributed by atoms with van der Waals surface area (Å²) in [5.41, 5.74) is 0.829. The molecule has 1 aliphatic rings. The predicted octanol–water partition coefficient (Wildman–Crippen LogP) is 4.25. The standard InChI is InChI=1S/C26H33Cl2N3O6S/c1-4-6-11-29-26(33)18(3)30(16-19-7-8-20(27)14-22(19)28)25(32)17-31(38(34,35)5-2)21-9-10-23-24(15-21)37-13-12-36-23/h7-10,14-15,18H,4-6,11-13,16-17H2,1-3H3,(H,29,33)/t18-/m1/s1. The average Bonchev–Trinajstić information content (AvgIpc) is 2.90. The van der Waals surface area contributed by atoms with Crippen molar-refractivity contribution >= 4 is 50.7 Å². The van der Waals surface area contributed by atoms with Gasteiger partial charge in [-0.15, -0.1) is 0 Å². The topological polar surface area (TPSA) is 105 Å². The molecule has 2 aromatic carbocycles. The third-order valence-electron chi connectivity index (χ3n) is 6.15. The van der Waals surface area contributed by atoms with E-state index < -0.39 is 28.5 Å². The minimum atomic E-state index is -3.87. The molecule has 0 saturated carbocycles. The molecule has 0 aliphatic carbocycles. The lowest BCUT2D eigenvalue weighted by Gasteiger charge is -2.32. The molecule has 9 nitrogen and oxygen atoms in total. The van der Waals surface area contributed by atoms with Gasteiger partial charge in [-0.2, -0.15) is 0 Å². The monoisotopic (exact) mass is 585 g/mol. The number of anilines is 1. The number of hydrogen-bond acceptors (Lipinski definition) is 6. The molecule has 2 aromatic rings. The van der Waals surface area contributed by atoms with Crippen LogP contribution in [0.15, 0.2) is 36.4 Å². The second kappa shape index (κ2) is 13.4. The number of ether oxygens (including phenoxy) is 2. The molecular weight excluding hydrogens is 553 g/mol. The summed E-state index contributed by atoms with van der Waals surface area (Å²) in [7, 11) is -3.87. The second-order valence-electron chi connectivity index (χ2n) is 8.81. The van der Waals surface area contributed by atoms with Crippen molar-refractivity contribution in [1.82, 2.24) is 10.2 Å². The van der Waals surface area contributed by atoms with Gasteiger partial charge in [0.1, 0.15) is 25.8 Å². The van der Waals surface area contributed by atoms with E-state index in [1.807, 2.05) is 6.92 Å². The zero-order valence-electron chi connectivity index (χ0n) is 21.7. The molecule has 208 valence electrons. The lowest BCUT2D eigenvalue weighted by Crippen LogP contribution is -2.51. The number of unbranched alkanes of at least 4 members (excludes halogenated alkanes) is 1. The van der Waals surface area contributed by atoms with Crippen molar-refractivity contribution in [3.8, 4) is 11.5 Å². The van der Waals surface area contributed by atoms with Crippen LogP contribution in [0.25, 0.3) is 0 Å². The van der Waals surface area contributed by atoms with E-state index in [0.717, 1.165) is 17.1 Å². The quantitative estimate of drug-likeness (QED) is 0.373. The smallest absolute Gasteiger partial charge is 0.244 e. The lowest BCUT2D eigenvalue weighted by atomic mass is 10.1. The zero-order chi connectivity index (χ0) is 27.9. The number of amides is 2. The SMILES string of the molecule is CCCCNC(=O)[C@@H](C)N(Cc1ccc(Cl)cc1Cl)C(=O)CN(c1ccc2c(c1)OCCO2)S(=O)(=O)CC. The molecule has 2 amide bonds. The van der Waals surface area contributed by atoms with Gasteiger partial charge in [-0.05, 0) is 50.1 Å². The Morgan fingerprint density at radius 1 is 1.05 bits per heavy atom. The molecule has 1 heterocycles. The van der Waals surface area contributed by atoms with Crippen LogP contribution in [0.5, 0.6) is 11.5 Å². The van der Waals surface area contributed by atoms with Crippen LogP contribution < -0.4 is 19.1 Å². The molecule has 0 saturated heterocycles. The third-order valence-corrected chi connectivity index (χ3v) is 8.47. The molecule has 12 heteroatoms. The Morgan fingerprint density at radius 3 is 2.42 bits per heavy atom. The number of rotatable bonds is 12. The Balaban J connectivity index is 1.94. The van der Waals surface area contributed by atoms with E-state index in [-0.39, 0.29) is 23.9 Å². The third kappa shape index (κ3) is 7.45. The zero-order valence-corrected chi connectivity index (χ0v) is 24.0. The molecule has 0 radical (unpaired) electrons. The number of nitrogens with one attached hydrogen (secondary N) is 1. The molecule has 0 unspecified atom stereocenters. The fraction of sp³-hybridized carbons (Fsp3) is 0.462. The van der Waals surface area contributed by atoms with E-state index in [0.29, 0.717) is 46.9 Å². The second-order valence-corrected chi connectivity index (χ2v) is 11.8. The van der Waals surface area contributed by atoms with E-state index in [4.69, 9.17) is 32.7 Å². The highest BCUT2D eigenvalue weighted by Crippen LogP contribution is 2.35. The Bertz CT molecular complexity index is 1260. The number of carbonyl (C=O) groups excluding carboxylic acids is 2. The molecule has 0 bridgehead atoms. The summed E-state index contributed by atoms with van der Waals surface area (Å²) in [5.74, 6) is -0.255. The largest absolute Gasteiger partial charge is 0.486 e.